The van der Waals surface area contributed by atoms with Gasteiger partial charge < -0.3 is 0 Å². The molecular weight excluding hydrogens is 1000 g/mol. The summed E-state index contributed by atoms with van der Waals surface area (Å²) in [5, 5.41) is 18.5. The van der Waals surface area contributed by atoms with Crippen LogP contribution in [0.5, 0.6) is 0 Å². The van der Waals surface area contributed by atoms with Crippen molar-refractivity contribution in [2.75, 3.05) is 0 Å². The van der Waals surface area contributed by atoms with Gasteiger partial charge in [-0.25, -0.2) is 9.97 Å². The van der Waals surface area contributed by atoms with Crippen molar-refractivity contribution in [1.29, 1.82) is 0 Å². The highest BCUT2D eigenvalue weighted by atomic mass is 15.1. The molecular formula is C67H58N14. The fourth-order valence-electron chi connectivity index (χ4n) is 7.20. The summed E-state index contributed by atoms with van der Waals surface area (Å²) in [5.41, 5.74) is 10.7. The van der Waals surface area contributed by atoms with Crippen LogP contribution in [0.1, 0.15) is 27.8 Å². The molecule has 9 heterocycles. The Morgan fingerprint density at radius 3 is 1.41 bits per heavy atom. The average Bonchev–Trinajstić information content (AvgIpc) is 4.40. The van der Waals surface area contributed by atoms with E-state index in [1.54, 1.807) is 80.4 Å². The van der Waals surface area contributed by atoms with Gasteiger partial charge in [0.15, 0.2) is 0 Å². The van der Waals surface area contributed by atoms with E-state index in [1.165, 1.54) is 50.3 Å². The Labute approximate surface area is 471 Å². The number of aromatic nitrogens is 11. The van der Waals surface area contributed by atoms with Crippen LogP contribution in [0.15, 0.2) is 321 Å². The maximum Gasteiger partial charge on any atom is 0.115 e. The number of azo groups is 1. The van der Waals surface area contributed by atoms with Crippen molar-refractivity contribution < 1.29 is 0 Å². The van der Waals surface area contributed by atoms with Gasteiger partial charge in [-0.2, -0.15) is 20.4 Å². The molecule has 81 heavy (non-hydrogen) atoms. The molecule has 396 valence electrons. The Balaban J connectivity index is 0.000000131. The maximum atomic E-state index is 4.18. The van der Waals surface area contributed by atoms with Crippen LogP contribution in [0.4, 0.5) is 5.69 Å². The van der Waals surface area contributed by atoms with Gasteiger partial charge >= 0.3 is 0 Å². The number of hydrogen-bond acceptors (Lipinski definition) is 14. The molecule has 14 nitrogen and oxygen atoms in total. The molecule has 1 aliphatic carbocycles. The first-order valence-corrected chi connectivity index (χ1v) is 25.8. The lowest BCUT2D eigenvalue weighted by atomic mass is 10.1. The molecule has 7 aromatic heterocycles. The predicted octanol–water partition coefficient (Wildman–Crippen LogP) is 14.8. The van der Waals surface area contributed by atoms with E-state index in [9.17, 15) is 0 Å². The molecule has 0 amide bonds. The average molecular weight is 1060 g/mol. The van der Waals surface area contributed by atoms with Crippen molar-refractivity contribution in [2.24, 2.45) is 15.2 Å². The fourth-order valence-corrected chi connectivity index (χ4v) is 7.20. The maximum absolute atomic E-state index is 4.18. The minimum Gasteiger partial charge on any atom is -0.288 e. The summed E-state index contributed by atoms with van der Waals surface area (Å²) in [6.45, 7) is 1.63. The van der Waals surface area contributed by atoms with Crippen LogP contribution in [-0.2, 0) is 19.5 Å². The van der Waals surface area contributed by atoms with Crippen LogP contribution in [0.2, 0.25) is 0 Å². The number of para-hydroxylation sites is 3. The topological polar surface area (TPSA) is 179 Å². The number of hydrogen-bond donors (Lipinski definition) is 0. The third-order valence-electron chi connectivity index (χ3n) is 11.1. The summed E-state index contributed by atoms with van der Waals surface area (Å²) in [7, 11) is 0. The molecule has 6 aromatic carbocycles. The smallest absolute Gasteiger partial charge is 0.115 e. The number of rotatable bonds is 0. The quantitative estimate of drug-likeness (QED) is 0.141. The zero-order valence-electron chi connectivity index (χ0n) is 44.4. The van der Waals surface area contributed by atoms with Crippen molar-refractivity contribution in [1.82, 2.24) is 55.1 Å². The first-order valence-electron chi connectivity index (χ1n) is 25.8. The Hall–Kier alpha value is -11.1. The van der Waals surface area contributed by atoms with Crippen LogP contribution in [0.25, 0.3) is 38.8 Å². The van der Waals surface area contributed by atoms with Crippen molar-refractivity contribution in [3.63, 3.8) is 0 Å². The predicted molar refractivity (Wildman–Crippen MR) is 325 cm³/mol. The molecule has 0 saturated carbocycles. The highest BCUT2D eigenvalue weighted by molar-refractivity contribution is 5.84. The van der Waals surface area contributed by atoms with Crippen molar-refractivity contribution in [3.8, 4) is 0 Å². The standard InChI is InChI=1S/2C9H7N.C9H8.C8H6N2.C8H7N.C7H6N2.C5H5N.3C4H4N2/c1-2-6-9-8(4-1)5-3-7-10-9;1-2-4-9-7-10-6-5-8(9)3-1;1-2-5-9-7-3-6-8(9)4-1;1-2-4-8-7(3-1)9-5-6-10-8;1-2-4-8-6-9-5-7(8)3-1;1-2-4-7-6(3-1)5-8-9-7;1-2-4-6-5-3-1;1-2-6-4-3-5-1;1-2-5-4-6-3-1;1-2-4-6-5-3-1/h2*1-7H;1-6H,7H2;1-6H;1-5H,6H2;1-4H,5H2;1-5H;3*1-4H. The molecule has 14 heteroatoms. The molecule has 0 saturated heterocycles. The summed E-state index contributed by atoms with van der Waals surface area (Å²) in [6.07, 6.45) is 34.5. The molecule has 0 bridgehead atoms. The van der Waals surface area contributed by atoms with E-state index in [0.717, 1.165) is 41.7 Å². The summed E-state index contributed by atoms with van der Waals surface area (Å²) in [5.74, 6) is 0. The second-order valence-corrected chi connectivity index (χ2v) is 16.7. The van der Waals surface area contributed by atoms with Crippen molar-refractivity contribution in [3.05, 3.63) is 333 Å². The van der Waals surface area contributed by atoms with Gasteiger partial charge in [-0.05, 0) is 106 Å². The molecule has 0 fully saturated rings. The van der Waals surface area contributed by atoms with Crippen LogP contribution < -0.4 is 0 Å². The van der Waals surface area contributed by atoms with E-state index in [2.05, 4.69) is 149 Å². The number of aliphatic imine (C=N–C) groups is 1. The Morgan fingerprint density at radius 1 is 0.309 bits per heavy atom. The van der Waals surface area contributed by atoms with Crippen LogP contribution in [-0.4, -0.2) is 61.3 Å². The molecule has 0 radical (unpaired) electrons. The molecule has 2 aliphatic heterocycles. The summed E-state index contributed by atoms with van der Waals surface area (Å²) in [4.78, 5) is 39.1. The van der Waals surface area contributed by atoms with E-state index < -0.39 is 0 Å². The molecule has 3 aliphatic rings. The molecule has 0 N–H and O–H groups in total. The van der Waals surface area contributed by atoms with E-state index in [-0.39, 0.29) is 0 Å². The molecule has 13 aromatic rings. The molecule has 0 atom stereocenters. The summed E-state index contributed by atoms with van der Waals surface area (Å²) < 4.78 is 0. The number of nitrogens with zero attached hydrogens (tertiary/aromatic N) is 14. The Kier molecular flexibility index (Phi) is 25.6. The Morgan fingerprint density at radius 2 is 0.852 bits per heavy atom. The third kappa shape index (κ3) is 22.2. The van der Waals surface area contributed by atoms with Gasteiger partial charge in [-0.15, -0.1) is 0 Å². The normalized spacial score (nSPS) is 10.7. The fraction of sp³-hybridized carbons (Fsp3) is 0.0448. The number of allylic oxidation sites excluding steroid dienone is 1. The van der Waals surface area contributed by atoms with Gasteiger partial charge in [0.05, 0.1) is 35.3 Å². The second-order valence-electron chi connectivity index (χ2n) is 16.7. The van der Waals surface area contributed by atoms with Crippen molar-refractivity contribution >= 4 is 50.7 Å². The summed E-state index contributed by atoms with van der Waals surface area (Å²) in [6, 6.07) is 66.0. The lowest BCUT2D eigenvalue weighted by molar-refractivity contribution is 1.03. The lowest BCUT2D eigenvalue weighted by Gasteiger charge is -1.93. The minimum absolute atomic E-state index is 0.760. The lowest BCUT2D eigenvalue weighted by Crippen LogP contribution is -1.79. The number of fused-ring (bicyclic) bond motifs is 6. The van der Waals surface area contributed by atoms with Crippen molar-refractivity contribution in [2.45, 2.75) is 19.5 Å². The van der Waals surface area contributed by atoms with Gasteiger partial charge in [0.25, 0.3) is 0 Å². The van der Waals surface area contributed by atoms with E-state index >= 15 is 0 Å². The van der Waals surface area contributed by atoms with Gasteiger partial charge in [-0.1, -0.05) is 146 Å². The first-order chi connectivity index (χ1) is 40.3. The second kappa shape index (κ2) is 36.0. The highest BCUT2D eigenvalue weighted by Gasteiger charge is 2.04. The van der Waals surface area contributed by atoms with Gasteiger partial charge in [0.2, 0.25) is 0 Å². The van der Waals surface area contributed by atoms with Crippen LogP contribution in [0, 0.1) is 0 Å². The Bertz CT molecular complexity index is 3110. The first kappa shape index (κ1) is 57.6. The van der Waals surface area contributed by atoms with E-state index in [1.807, 2.05) is 152 Å². The molecule has 0 spiro atoms. The number of pyridine rings is 3. The molecule has 16 rings (SSSR count). The van der Waals surface area contributed by atoms with Crippen LogP contribution >= 0.6 is 0 Å². The largest absolute Gasteiger partial charge is 0.288 e. The monoisotopic (exact) mass is 1060 g/mol. The zero-order chi connectivity index (χ0) is 55.7. The van der Waals surface area contributed by atoms with Gasteiger partial charge in [0.1, 0.15) is 6.33 Å². The number of benzene rings is 6. The third-order valence-corrected chi connectivity index (χ3v) is 11.1. The van der Waals surface area contributed by atoms with Gasteiger partial charge in [0, 0.05) is 110 Å². The highest BCUT2D eigenvalue weighted by Crippen LogP contribution is 2.25. The molecule has 0 unspecified atom stereocenters. The SMILES string of the molecule is C1=Cc2ccccc2C1.C1=NCc2ccccc21.c1ccc2c(c1)CN=N2.c1ccc2cnccc2c1.c1ccc2ncccc2c1.c1ccc2nccnc2c1.c1ccncc1.c1ccnnc1.c1cnccn1.c1cncnc1. The van der Waals surface area contributed by atoms with E-state index in [0.29, 0.717) is 0 Å². The van der Waals surface area contributed by atoms with Gasteiger partial charge in [-0.3, -0.25) is 39.9 Å². The van der Waals surface area contributed by atoms with Crippen LogP contribution in [0.3, 0.4) is 0 Å². The zero-order valence-corrected chi connectivity index (χ0v) is 44.4. The van der Waals surface area contributed by atoms with E-state index in [4.69, 9.17) is 0 Å². The minimum atomic E-state index is 0.760. The summed E-state index contributed by atoms with van der Waals surface area (Å²) >= 11 is 0.